The summed E-state index contributed by atoms with van der Waals surface area (Å²) < 4.78 is 6.85. The molecule has 0 radical (unpaired) electrons. The van der Waals surface area contributed by atoms with Crippen molar-refractivity contribution in [2.24, 2.45) is 0 Å². The van der Waals surface area contributed by atoms with E-state index in [9.17, 15) is 9.59 Å². The van der Waals surface area contributed by atoms with Crippen molar-refractivity contribution in [2.75, 3.05) is 20.3 Å². The molecule has 1 atom stereocenters. The van der Waals surface area contributed by atoms with Gasteiger partial charge in [-0.25, -0.2) is 4.98 Å². The number of aromatic nitrogens is 2. The van der Waals surface area contributed by atoms with E-state index in [2.05, 4.69) is 4.98 Å². The first kappa shape index (κ1) is 17.9. The Balaban J connectivity index is 1.89. The monoisotopic (exact) mass is 367 g/mol. The zero-order valence-electron chi connectivity index (χ0n) is 15.6. The maximum absolute atomic E-state index is 13.6. The number of amides is 1. The van der Waals surface area contributed by atoms with E-state index in [0.717, 1.165) is 37.7 Å². The quantitative estimate of drug-likeness (QED) is 0.833. The number of benzene rings is 1. The number of hydrogen-bond donors (Lipinski definition) is 0. The predicted molar refractivity (Wildman–Crippen MR) is 101 cm³/mol. The number of ether oxygens (including phenoxy) is 1. The minimum atomic E-state index is -0.496. The summed E-state index contributed by atoms with van der Waals surface area (Å²) in [7, 11) is 1.64. The van der Waals surface area contributed by atoms with Crippen LogP contribution in [0, 0.1) is 0 Å². The summed E-state index contributed by atoms with van der Waals surface area (Å²) in [6.07, 6.45) is 9.72. The number of rotatable bonds is 4. The lowest BCUT2D eigenvalue weighted by atomic mass is 9.65. The zero-order chi connectivity index (χ0) is 18.9. The fraction of sp³-hybridized carbons (Fsp3) is 0.476. The van der Waals surface area contributed by atoms with E-state index < -0.39 is 11.5 Å². The van der Waals surface area contributed by atoms with Crippen molar-refractivity contribution < 1.29 is 14.3 Å². The minimum absolute atomic E-state index is 0.0132. The topological polar surface area (TPSA) is 64.4 Å². The van der Waals surface area contributed by atoms with Gasteiger partial charge in [0, 0.05) is 31.6 Å². The van der Waals surface area contributed by atoms with Gasteiger partial charge in [-0.3, -0.25) is 14.2 Å². The summed E-state index contributed by atoms with van der Waals surface area (Å²) in [5, 5.41) is 0. The Kier molecular flexibility index (Phi) is 4.83. The lowest BCUT2D eigenvalue weighted by Crippen LogP contribution is -2.62. The molecule has 142 valence electrons. The number of carbonyl (C=O) groups is 2. The van der Waals surface area contributed by atoms with Gasteiger partial charge in [0.25, 0.3) is 5.91 Å². The number of nitrogens with zero attached hydrogens (tertiary/aromatic N) is 3. The molecule has 1 unspecified atom stereocenters. The van der Waals surface area contributed by atoms with Crippen molar-refractivity contribution in [3.63, 3.8) is 0 Å². The highest BCUT2D eigenvalue weighted by Gasteiger charge is 2.54. The van der Waals surface area contributed by atoms with E-state index in [4.69, 9.17) is 4.74 Å². The summed E-state index contributed by atoms with van der Waals surface area (Å²) in [5.74, 6) is -0.395. The van der Waals surface area contributed by atoms with E-state index in [-0.39, 0.29) is 11.8 Å². The highest BCUT2D eigenvalue weighted by Crippen LogP contribution is 2.49. The van der Waals surface area contributed by atoms with Crippen LogP contribution in [0.5, 0.6) is 0 Å². The van der Waals surface area contributed by atoms with E-state index in [1.54, 1.807) is 30.4 Å². The standard InChI is InChI=1S/C21H25N3O3/c1-27-14-13-24-19(25)17-8-4-3-7-16(17)18(20(26)23-12-11-22-15-23)21(24)9-5-2-6-10-21/h3-4,7-8,11-12,15,18H,2,5-6,9-10,13-14H2,1H3. The van der Waals surface area contributed by atoms with Crippen molar-refractivity contribution >= 4 is 11.8 Å². The van der Waals surface area contributed by atoms with E-state index in [1.807, 2.05) is 29.2 Å². The predicted octanol–water partition coefficient (Wildman–Crippen LogP) is 3.11. The molecule has 1 aromatic carbocycles. The first-order valence-corrected chi connectivity index (χ1v) is 9.61. The third-order valence-electron chi connectivity index (χ3n) is 6.07. The molecule has 4 rings (SSSR count). The molecule has 1 saturated carbocycles. The largest absolute Gasteiger partial charge is 0.383 e. The molecular weight excluding hydrogens is 342 g/mol. The highest BCUT2D eigenvalue weighted by atomic mass is 16.5. The first-order valence-electron chi connectivity index (χ1n) is 9.61. The van der Waals surface area contributed by atoms with Gasteiger partial charge in [-0.2, -0.15) is 0 Å². The molecule has 0 bridgehead atoms. The fourth-order valence-electron chi connectivity index (χ4n) is 4.87. The third kappa shape index (κ3) is 2.88. The van der Waals surface area contributed by atoms with Crippen LogP contribution in [0.25, 0.3) is 0 Å². The van der Waals surface area contributed by atoms with Crippen molar-refractivity contribution in [3.8, 4) is 0 Å². The van der Waals surface area contributed by atoms with E-state index in [1.165, 1.54) is 0 Å². The van der Waals surface area contributed by atoms with Gasteiger partial charge in [0.1, 0.15) is 6.33 Å². The second-order valence-corrected chi connectivity index (χ2v) is 7.44. The third-order valence-corrected chi connectivity index (χ3v) is 6.07. The summed E-state index contributed by atoms with van der Waals surface area (Å²) in [5.41, 5.74) is 0.976. The molecule has 0 N–H and O–H groups in total. The van der Waals surface area contributed by atoms with Gasteiger partial charge in [-0.15, -0.1) is 0 Å². The van der Waals surface area contributed by atoms with Gasteiger partial charge in [-0.1, -0.05) is 37.5 Å². The maximum Gasteiger partial charge on any atom is 0.254 e. The Morgan fingerprint density at radius 1 is 1.26 bits per heavy atom. The van der Waals surface area contributed by atoms with Crippen LogP contribution in [0.2, 0.25) is 0 Å². The fourth-order valence-corrected chi connectivity index (χ4v) is 4.87. The Labute approximate surface area is 159 Å². The van der Waals surface area contributed by atoms with Crippen molar-refractivity contribution in [1.29, 1.82) is 0 Å². The molecule has 27 heavy (non-hydrogen) atoms. The van der Waals surface area contributed by atoms with Gasteiger partial charge in [-0.05, 0) is 24.5 Å². The average molecular weight is 367 g/mol. The van der Waals surface area contributed by atoms with Crippen molar-refractivity contribution in [1.82, 2.24) is 14.5 Å². The molecule has 1 fully saturated rings. The smallest absolute Gasteiger partial charge is 0.254 e. The number of fused-ring (bicyclic) bond motifs is 1. The Hall–Kier alpha value is -2.47. The normalized spacial score (nSPS) is 21.3. The number of imidazole rings is 1. The van der Waals surface area contributed by atoms with Gasteiger partial charge in [0.05, 0.1) is 18.1 Å². The Bertz CT molecular complexity index is 825. The van der Waals surface area contributed by atoms with Crippen LogP contribution >= 0.6 is 0 Å². The van der Waals surface area contributed by atoms with Crippen LogP contribution in [0.4, 0.5) is 0 Å². The zero-order valence-corrected chi connectivity index (χ0v) is 15.6. The summed E-state index contributed by atoms with van der Waals surface area (Å²) in [6, 6.07) is 7.56. The van der Waals surface area contributed by atoms with Gasteiger partial charge in [0.15, 0.2) is 0 Å². The molecular formula is C21H25N3O3. The Morgan fingerprint density at radius 3 is 2.74 bits per heavy atom. The minimum Gasteiger partial charge on any atom is -0.383 e. The molecule has 2 heterocycles. The van der Waals surface area contributed by atoms with Crippen LogP contribution in [0.1, 0.15) is 58.7 Å². The van der Waals surface area contributed by atoms with Gasteiger partial charge in [0.2, 0.25) is 5.91 Å². The second kappa shape index (κ2) is 7.27. The van der Waals surface area contributed by atoms with E-state index >= 15 is 0 Å². The van der Waals surface area contributed by atoms with Crippen LogP contribution in [0.3, 0.4) is 0 Å². The molecule has 1 aliphatic heterocycles. The van der Waals surface area contributed by atoms with Crippen LogP contribution < -0.4 is 0 Å². The molecule has 1 spiro atoms. The van der Waals surface area contributed by atoms with Crippen LogP contribution in [-0.4, -0.2) is 52.1 Å². The van der Waals surface area contributed by atoms with Gasteiger partial charge >= 0.3 is 0 Å². The average Bonchev–Trinajstić information content (AvgIpc) is 3.23. The van der Waals surface area contributed by atoms with Crippen molar-refractivity contribution in [2.45, 2.75) is 43.6 Å². The SMILES string of the molecule is COCCN1C(=O)c2ccccc2C(C(=O)n2ccnc2)C12CCCCC2. The molecule has 6 heteroatoms. The summed E-state index contributed by atoms with van der Waals surface area (Å²) in [4.78, 5) is 32.9. The lowest BCUT2D eigenvalue weighted by Gasteiger charge is -2.53. The molecule has 1 amide bonds. The highest BCUT2D eigenvalue weighted by molar-refractivity contribution is 6.02. The molecule has 0 saturated heterocycles. The Morgan fingerprint density at radius 2 is 2.04 bits per heavy atom. The van der Waals surface area contributed by atoms with Crippen molar-refractivity contribution in [3.05, 3.63) is 54.1 Å². The molecule has 2 aliphatic rings. The van der Waals surface area contributed by atoms with E-state index in [0.29, 0.717) is 18.7 Å². The lowest BCUT2D eigenvalue weighted by molar-refractivity contribution is 0.00388. The molecule has 6 nitrogen and oxygen atoms in total. The molecule has 2 aromatic rings. The number of carbonyl (C=O) groups excluding carboxylic acids is 2. The molecule has 1 aliphatic carbocycles. The summed E-state index contributed by atoms with van der Waals surface area (Å²) >= 11 is 0. The van der Waals surface area contributed by atoms with Crippen LogP contribution in [-0.2, 0) is 4.74 Å². The van der Waals surface area contributed by atoms with Gasteiger partial charge < -0.3 is 9.64 Å². The molecule has 1 aromatic heterocycles. The maximum atomic E-state index is 13.6. The first-order chi connectivity index (χ1) is 13.2. The summed E-state index contributed by atoms with van der Waals surface area (Å²) in [6.45, 7) is 0.957. The number of hydrogen-bond acceptors (Lipinski definition) is 4. The second-order valence-electron chi connectivity index (χ2n) is 7.44. The number of methoxy groups -OCH3 is 1. The van der Waals surface area contributed by atoms with Crippen LogP contribution in [0.15, 0.2) is 43.0 Å².